The average Bonchev–Trinajstić information content (AvgIpc) is 2.73. The van der Waals surface area contributed by atoms with E-state index in [1.54, 1.807) is 7.11 Å². The van der Waals surface area contributed by atoms with Crippen molar-refractivity contribution in [3.05, 3.63) is 28.4 Å². The van der Waals surface area contributed by atoms with Crippen molar-refractivity contribution in [1.29, 1.82) is 0 Å². The molecular formula is C12H12BrNO3. The minimum atomic E-state index is -0.263. The Labute approximate surface area is 107 Å². The van der Waals surface area contributed by atoms with Crippen LogP contribution in [0.4, 0.5) is 0 Å². The van der Waals surface area contributed by atoms with Crippen molar-refractivity contribution < 1.29 is 14.3 Å². The van der Waals surface area contributed by atoms with Crippen LogP contribution in [0.5, 0.6) is 5.75 Å². The Balaban J connectivity index is 2.53. The van der Waals surface area contributed by atoms with E-state index in [4.69, 9.17) is 4.74 Å². The summed E-state index contributed by atoms with van der Waals surface area (Å²) in [6.45, 7) is 0. The molecule has 1 aromatic heterocycles. The van der Waals surface area contributed by atoms with E-state index >= 15 is 0 Å². The van der Waals surface area contributed by atoms with Gasteiger partial charge in [0, 0.05) is 17.1 Å². The van der Waals surface area contributed by atoms with Gasteiger partial charge >= 0.3 is 5.97 Å². The molecule has 5 heteroatoms. The highest BCUT2D eigenvalue weighted by Gasteiger charge is 2.14. The van der Waals surface area contributed by atoms with Gasteiger partial charge in [-0.15, -0.1) is 0 Å². The molecule has 0 bridgehead atoms. The number of esters is 1. The van der Waals surface area contributed by atoms with Crippen LogP contribution in [-0.2, 0) is 16.0 Å². The van der Waals surface area contributed by atoms with Crippen molar-refractivity contribution in [2.24, 2.45) is 0 Å². The SMILES string of the molecule is COC(=O)Cc1c[nH]c2ccc(OC)c(Br)c12. The van der Waals surface area contributed by atoms with Gasteiger partial charge in [-0.1, -0.05) is 0 Å². The van der Waals surface area contributed by atoms with Gasteiger partial charge in [-0.05, 0) is 33.6 Å². The van der Waals surface area contributed by atoms with E-state index in [2.05, 4.69) is 25.7 Å². The molecular weight excluding hydrogens is 286 g/mol. The highest BCUT2D eigenvalue weighted by molar-refractivity contribution is 9.10. The summed E-state index contributed by atoms with van der Waals surface area (Å²) in [4.78, 5) is 14.4. The van der Waals surface area contributed by atoms with Crippen LogP contribution in [0, 0.1) is 0 Å². The lowest BCUT2D eigenvalue weighted by Crippen LogP contribution is -2.03. The molecule has 4 nitrogen and oxygen atoms in total. The van der Waals surface area contributed by atoms with Gasteiger partial charge in [0.25, 0.3) is 0 Å². The summed E-state index contributed by atoms with van der Waals surface area (Å²) < 4.78 is 10.7. The van der Waals surface area contributed by atoms with Crippen molar-refractivity contribution in [2.75, 3.05) is 14.2 Å². The Morgan fingerprint density at radius 1 is 1.41 bits per heavy atom. The zero-order chi connectivity index (χ0) is 12.4. The summed E-state index contributed by atoms with van der Waals surface area (Å²) in [6, 6.07) is 3.78. The van der Waals surface area contributed by atoms with Crippen molar-refractivity contribution in [1.82, 2.24) is 4.98 Å². The Kier molecular flexibility index (Phi) is 3.38. The third kappa shape index (κ3) is 2.15. The smallest absolute Gasteiger partial charge is 0.310 e. The van der Waals surface area contributed by atoms with E-state index in [0.29, 0.717) is 0 Å². The molecule has 17 heavy (non-hydrogen) atoms. The number of aromatic amines is 1. The van der Waals surface area contributed by atoms with E-state index < -0.39 is 0 Å². The molecule has 1 N–H and O–H groups in total. The highest BCUT2D eigenvalue weighted by atomic mass is 79.9. The molecule has 0 aliphatic rings. The number of carbonyl (C=O) groups excluding carboxylic acids is 1. The average molecular weight is 298 g/mol. The van der Waals surface area contributed by atoms with Gasteiger partial charge in [0.2, 0.25) is 0 Å². The molecule has 0 fully saturated rings. The molecule has 2 aromatic rings. The van der Waals surface area contributed by atoms with Gasteiger partial charge in [-0.25, -0.2) is 0 Å². The lowest BCUT2D eigenvalue weighted by atomic mass is 10.1. The topological polar surface area (TPSA) is 51.3 Å². The molecule has 0 amide bonds. The number of carbonyl (C=O) groups is 1. The van der Waals surface area contributed by atoms with Gasteiger partial charge in [0.15, 0.2) is 0 Å². The Bertz CT molecular complexity index is 562. The summed E-state index contributed by atoms with van der Waals surface area (Å²) in [5.74, 6) is 0.476. The van der Waals surface area contributed by atoms with E-state index in [1.165, 1.54) is 7.11 Å². The van der Waals surface area contributed by atoms with E-state index in [0.717, 1.165) is 26.7 Å². The first-order chi connectivity index (χ1) is 8.17. The molecule has 0 radical (unpaired) electrons. The van der Waals surface area contributed by atoms with Crippen molar-refractivity contribution in [3.8, 4) is 5.75 Å². The largest absolute Gasteiger partial charge is 0.496 e. The van der Waals surface area contributed by atoms with Crippen LogP contribution in [0.2, 0.25) is 0 Å². The summed E-state index contributed by atoms with van der Waals surface area (Å²) in [7, 11) is 2.99. The fourth-order valence-electron chi connectivity index (χ4n) is 1.75. The van der Waals surface area contributed by atoms with E-state index in [1.807, 2.05) is 18.3 Å². The fraction of sp³-hybridized carbons (Fsp3) is 0.250. The molecule has 0 spiro atoms. The zero-order valence-corrected chi connectivity index (χ0v) is 11.1. The molecule has 2 rings (SSSR count). The number of fused-ring (bicyclic) bond motifs is 1. The highest BCUT2D eigenvalue weighted by Crippen LogP contribution is 2.35. The predicted molar refractivity (Wildman–Crippen MR) is 68.3 cm³/mol. The third-order valence-corrected chi connectivity index (χ3v) is 3.40. The third-order valence-electron chi connectivity index (χ3n) is 2.61. The Morgan fingerprint density at radius 2 is 2.18 bits per heavy atom. The Hall–Kier alpha value is -1.49. The fourth-order valence-corrected chi connectivity index (χ4v) is 2.52. The maximum Gasteiger partial charge on any atom is 0.310 e. The summed E-state index contributed by atoms with van der Waals surface area (Å²) in [5, 5.41) is 0.953. The molecule has 0 aliphatic carbocycles. The molecule has 0 atom stereocenters. The number of aromatic nitrogens is 1. The van der Waals surface area contributed by atoms with Crippen LogP contribution in [-0.4, -0.2) is 25.2 Å². The molecule has 0 aliphatic heterocycles. The molecule has 0 unspecified atom stereocenters. The second kappa shape index (κ2) is 4.79. The molecule has 0 saturated carbocycles. The van der Waals surface area contributed by atoms with Crippen LogP contribution in [0.15, 0.2) is 22.8 Å². The number of benzene rings is 1. The number of halogens is 1. The molecule has 0 saturated heterocycles. The number of H-pyrrole nitrogens is 1. The first-order valence-electron chi connectivity index (χ1n) is 5.06. The van der Waals surface area contributed by atoms with Crippen molar-refractivity contribution in [2.45, 2.75) is 6.42 Å². The molecule has 1 aromatic carbocycles. The van der Waals surface area contributed by atoms with Crippen LogP contribution < -0.4 is 4.74 Å². The second-order valence-electron chi connectivity index (χ2n) is 3.57. The minimum absolute atomic E-state index is 0.238. The number of methoxy groups -OCH3 is 2. The maximum atomic E-state index is 11.3. The van der Waals surface area contributed by atoms with E-state index in [9.17, 15) is 4.79 Å². The van der Waals surface area contributed by atoms with Gasteiger partial charge in [0.1, 0.15) is 5.75 Å². The predicted octanol–water partition coefficient (Wildman–Crippen LogP) is 2.65. The first kappa shape index (κ1) is 12.0. The van der Waals surface area contributed by atoms with Gasteiger partial charge in [-0.3, -0.25) is 4.79 Å². The quantitative estimate of drug-likeness (QED) is 0.886. The molecule has 90 valence electrons. The van der Waals surface area contributed by atoms with Crippen LogP contribution >= 0.6 is 15.9 Å². The van der Waals surface area contributed by atoms with E-state index in [-0.39, 0.29) is 12.4 Å². The molecule has 1 heterocycles. The van der Waals surface area contributed by atoms with Crippen LogP contribution in [0.25, 0.3) is 10.9 Å². The number of hydrogen-bond acceptors (Lipinski definition) is 3. The normalized spacial score (nSPS) is 10.5. The van der Waals surface area contributed by atoms with Crippen LogP contribution in [0.3, 0.4) is 0 Å². The van der Waals surface area contributed by atoms with Crippen molar-refractivity contribution >= 4 is 32.8 Å². The minimum Gasteiger partial charge on any atom is -0.496 e. The summed E-state index contributed by atoms with van der Waals surface area (Å²) in [5.41, 5.74) is 1.84. The second-order valence-corrected chi connectivity index (χ2v) is 4.36. The van der Waals surface area contributed by atoms with Gasteiger partial charge in [-0.2, -0.15) is 0 Å². The lowest BCUT2D eigenvalue weighted by Gasteiger charge is -2.05. The zero-order valence-electron chi connectivity index (χ0n) is 9.54. The van der Waals surface area contributed by atoms with Gasteiger partial charge < -0.3 is 14.5 Å². The Morgan fingerprint density at radius 3 is 2.82 bits per heavy atom. The maximum absolute atomic E-state index is 11.3. The summed E-state index contributed by atoms with van der Waals surface area (Å²) >= 11 is 3.49. The summed E-state index contributed by atoms with van der Waals surface area (Å²) in [6.07, 6.45) is 2.05. The number of ether oxygens (including phenoxy) is 2. The standard InChI is InChI=1S/C12H12BrNO3/c1-16-9-4-3-8-11(12(9)13)7(6-14-8)5-10(15)17-2/h3-4,6,14H,5H2,1-2H3. The number of hydrogen-bond donors (Lipinski definition) is 1. The van der Waals surface area contributed by atoms with Crippen molar-refractivity contribution in [3.63, 3.8) is 0 Å². The lowest BCUT2D eigenvalue weighted by molar-refractivity contribution is -0.139. The number of rotatable bonds is 3. The first-order valence-corrected chi connectivity index (χ1v) is 5.86. The van der Waals surface area contributed by atoms with Gasteiger partial charge in [0.05, 0.1) is 25.1 Å². The monoisotopic (exact) mass is 297 g/mol. The number of nitrogens with one attached hydrogen (secondary N) is 1. The van der Waals surface area contributed by atoms with Crippen LogP contribution in [0.1, 0.15) is 5.56 Å².